The summed E-state index contributed by atoms with van der Waals surface area (Å²) in [6.45, 7) is 4.35. The second-order valence-electron chi connectivity index (χ2n) is 3.66. The van der Waals surface area contributed by atoms with Gasteiger partial charge in [-0.2, -0.15) is 0 Å². The van der Waals surface area contributed by atoms with Crippen LogP contribution in [-0.2, 0) is 25.6 Å². The number of nitrogens with zero attached hydrogens (tertiary/aromatic N) is 3. The summed E-state index contributed by atoms with van der Waals surface area (Å²) in [5.41, 5.74) is 3.95. The third-order valence-corrected chi connectivity index (χ3v) is 3.67. The van der Waals surface area contributed by atoms with Crippen LogP contribution in [0.2, 0.25) is 0 Å². The fourth-order valence-corrected chi connectivity index (χ4v) is 2.72. The summed E-state index contributed by atoms with van der Waals surface area (Å²) in [6, 6.07) is 0. The smallest absolute Gasteiger partial charge is 0.0644 e. The molecule has 5 heteroatoms. The third kappa shape index (κ3) is 1.00. The Morgan fingerprint density at radius 2 is 2.29 bits per heavy atom. The summed E-state index contributed by atoms with van der Waals surface area (Å²) in [6.07, 6.45) is 4.80. The number of hydrogen-bond donors (Lipinski definition) is 0. The molecule has 0 N–H and O–H groups in total. The van der Waals surface area contributed by atoms with Gasteiger partial charge in [-0.1, -0.05) is 6.20 Å². The van der Waals surface area contributed by atoms with Gasteiger partial charge in [-0.25, -0.2) is 0 Å². The Morgan fingerprint density at radius 3 is 3.07 bits per heavy atom. The first-order valence-electron chi connectivity index (χ1n) is 4.11. The van der Waals surface area contributed by atoms with Crippen molar-refractivity contribution >= 4 is 11.3 Å². The zero-order valence-electron chi connectivity index (χ0n) is 7.74. The Morgan fingerprint density at radius 1 is 1.50 bits per heavy atom. The van der Waals surface area contributed by atoms with Gasteiger partial charge in [0.15, 0.2) is 0 Å². The second kappa shape index (κ2) is 2.99. The van der Waals surface area contributed by atoms with Crippen molar-refractivity contribution in [2.75, 3.05) is 0 Å². The van der Waals surface area contributed by atoms with Crippen molar-refractivity contribution in [1.82, 2.24) is 14.5 Å². The normalized spacial score (nSPS) is 15.9. The summed E-state index contributed by atoms with van der Waals surface area (Å²) < 4.78 is 2.13. The summed E-state index contributed by atoms with van der Waals surface area (Å²) >= 11 is 1.70. The maximum Gasteiger partial charge on any atom is 0.0644 e. The van der Waals surface area contributed by atoms with Gasteiger partial charge in [0.25, 0.3) is 0 Å². The molecule has 1 aliphatic heterocycles. The van der Waals surface area contributed by atoms with E-state index in [9.17, 15) is 0 Å². The molecule has 0 aliphatic carbocycles. The van der Waals surface area contributed by atoms with E-state index in [1.165, 1.54) is 4.88 Å². The zero-order valence-corrected chi connectivity index (χ0v) is 10.9. The molecule has 3 heterocycles. The van der Waals surface area contributed by atoms with Gasteiger partial charge in [0.2, 0.25) is 0 Å². The van der Waals surface area contributed by atoms with Crippen LogP contribution < -0.4 is 0 Å². The number of fused-ring (bicyclic) bond motifs is 3. The minimum atomic E-state index is -0.00116. The molecule has 0 atom stereocenters. The Labute approximate surface area is 99.6 Å². The first kappa shape index (κ1) is 10.0. The van der Waals surface area contributed by atoms with Crippen LogP contribution in [0, 0.1) is 6.20 Å². The van der Waals surface area contributed by atoms with Gasteiger partial charge in [-0.05, 0) is 25.9 Å². The van der Waals surface area contributed by atoms with E-state index in [-0.39, 0.29) is 25.6 Å². The van der Waals surface area contributed by atoms with Crippen LogP contribution in [0.1, 0.15) is 18.7 Å². The Kier molecular flexibility index (Phi) is 2.14. The van der Waals surface area contributed by atoms with E-state index in [1.54, 1.807) is 11.3 Å². The van der Waals surface area contributed by atoms with E-state index in [1.807, 2.05) is 11.8 Å². The SMILES string of the molecule is CC1(C)c2scnc2-c2[c-]ncn21.[Ir]. The molecule has 1 aliphatic rings. The molecule has 0 saturated heterocycles. The Bertz CT molecular complexity index is 430. The first-order chi connectivity index (χ1) is 6.21. The van der Waals surface area contributed by atoms with Crippen LogP contribution >= 0.6 is 11.3 Å². The molecule has 0 saturated carbocycles. The molecule has 2 aromatic rings. The third-order valence-electron chi connectivity index (χ3n) is 2.53. The van der Waals surface area contributed by atoms with Gasteiger partial charge in [-0.15, -0.1) is 11.3 Å². The van der Waals surface area contributed by atoms with Crippen molar-refractivity contribution < 1.29 is 20.1 Å². The molecule has 0 unspecified atom stereocenters. The second-order valence-corrected chi connectivity index (χ2v) is 4.52. The molecule has 3 rings (SSSR count). The van der Waals surface area contributed by atoms with Gasteiger partial charge < -0.3 is 14.5 Å². The van der Waals surface area contributed by atoms with Crippen LogP contribution in [0.5, 0.6) is 0 Å². The van der Waals surface area contributed by atoms with Gasteiger partial charge in [0.05, 0.1) is 11.0 Å². The molecule has 0 spiro atoms. The summed E-state index contributed by atoms with van der Waals surface area (Å²) in [7, 11) is 0. The molecular weight excluding hydrogens is 374 g/mol. The summed E-state index contributed by atoms with van der Waals surface area (Å²) in [5.74, 6) is 0. The van der Waals surface area contributed by atoms with Crippen molar-refractivity contribution in [2.45, 2.75) is 19.4 Å². The van der Waals surface area contributed by atoms with E-state index in [0.29, 0.717) is 0 Å². The van der Waals surface area contributed by atoms with Crippen molar-refractivity contribution in [1.29, 1.82) is 0 Å². The quantitative estimate of drug-likeness (QED) is 0.652. The van der Waals surface area contributed by atoms with Crippen molar-refractivity contribution in [3.05, 3.63) is 22.9 Å². The van der Waals surface area contributed by atoms with E-state index in [2.05, 4.69) is 34.6 Å². The average Bonchev–Trinajstić information content (AvgIpc) is 2.74. The molecule has 14 heavy (non-hydrogen) atoms. The maximum atomic E-state index is 4.33. The standard InChI is InChI=1S/C9H8N3S.Ir/c1-9(2)8-7(11-5-13-8)6-3-10-4-12(6)9;/h4-5H,1-2H3;/q-1;. The zero-order chi connectivity index (χ0) is 9.05. The molecule has 1 radical (unpaired) electrons. The van der Waals surface area contributed by atoms with Crippen molar-refractivity contribution in [3.8, 4) is 11.4 Å². The summed E-state index contributed by atoms with van der Waals surface area (Å²) in [5, 5.41) is 0. The fraction of sp³-hybridized carbons (Fsp3) is 0.333. The van der Waals surface area contributed by atoms with Gasteiger partial charge >= 0.3 is 0 Å². The van der Waals surface area contributed by atoms with Gasteiger partial charge in [0.1, 0.15) is 0 Å². The van der Waals surface area contributed by atoms with E-state index >= 15 is 0 Å². The van der Waals surface area contributed by atoms with Crippen LogP contribution in [0.25, 0.3) is 11.4 Å². The van der Waals surface area contributed by atoms with Gasteiger partial charge in [-0.3, -0.25) is 0 Å². The maximum absolute atomic E-state index is 4.33. The van der Waals surface area contributed by atoms with Gasteiger partial charge in [0, 0.05) is 30.7 Å². The molecular formula is C9H8IrN3S-. The molecule has 3 nitrogen and oxygen atoms in total. The average molecular weight is 382 g/mol. The monoisotopic (exact) mass is 383 g/mol. The predicted molar refractivity (Wildman–Crippen MR) is 50.6 cm³/mol. The van der Waals surface area contributed by atoms with Crippen LogP contribution in [0.4, 0.5) is 0 Å². The predicted octanol–water partition coefficient (Wildman–Crippen LogP) is 1.90. The first-order valence-corrected chi connectivity index (χ1v) is 4.99. The molecule has 0 bridgehead atoms. The largest absolute Gasteiger partial charge is 0.394 e. The number of aromatic nitrogens is 3. The topological polar surface area (TPSA) is 30.7 Å². The summed E-state index contributed by atoms with van der Waals surface area (Å²) in [4.78, 5) is 9.66. The van der Waals surface area contributed by atoms with Crippen LogP contribution in [0.15, 0.2) is 11.8 Å². The minimum Gasteiger partial charge on any atom is -0.394 e. The number of thiazole rings is 1. The van der Waals surface area contributed by atoms with Crippen LogP contribution in [-0.4, -0.2) is 14.5 Å². The van der Waals surface area contributed by atoms with Crippen molar-refractivity contribution in [2.24, 2.45) is 0 Å². The number of imidazole rings is 1. The van der Waals surface area contributed by atoms with E-state index in [4.69, 9.17) is 0 Å². The number of hydrogen-bond acceptors (Lipinski definition) is 3. The van der Waals surface area contributed by atoms with Crippen LogP contribution in [0.3, 0.4) is 0 Å². The number of rotatable bonds is 0. The molecule has 0 amide bonds. The molecule has 0 fully saturated rings. The fourth-order valence-electron chi connectivity index (χ4n) is 1.81. The van der Waals surface area contributed by atoms with E-state index < -0.39 is 0 Å². The molecule has 0 aromatic carbocycles. The molecule has 75 valence electrons. The minimum absolute atomic E-state index is 0. The van der Waals surface area contributed by atoms with E-state index in [0.717, 1.165) is 11.4 Å². The Balaban J connectivity index is 0.000000750. The van der Waals surface area contributed by atoms with Crippen molar-refractivity contribution in [3.63, 3.8) is 0 Å². The molecule has 2 aromatic heterocycles. The Hall–Kier alpha value is -0.511.